The maximum atomic E-state index is 12.1. The summed E-state index contributed by atoms with van der Waals surface area (Å²) in [5, 5.41) is 8.98. The Morgan fingerprint density at radius 2 is 2.24 bits per heavy atom. The average molecular weight is 263 g/mol. The number of hydrogen-bond donors (Lipinski definition) is 1. The van der Waals surface area contributed by atoms with Gasteiger partial charge in [0.2, 0.25) is 5.91 Å². The van der Waals surface area contributed by atoms with Crippen LogP contribution < -0.4 is 0 Å². The average Bonchev–Trinajstić information content (AvgIpc) is 2.69. The van der Waals surface area contributed by atoms with Crippen molar-refractivity contribution in [3.63, 3.8) is 0 Å². The third-order valence-corrected chi connectivity index (χ3v) is 5.00. The molecule has 0 bridgehead atoms. The Labute approximate surface area is 100 Å². The zero-order valence-electron chi connectivity index (χ0n) is 9.54. The summed E-state index contributed by atoms with van der Waals surface area (Å²) < 4.78 is 27.9. The molecule has 98 valence electrons. The lowest BCUT2D eigenvalue weighted by Crippen LogP contribution is -2.49. The monoisotopic (exact) mass is 263 g/mol. The minimum absolute atomic E-state index is 0.0347. The van der Waals surface area contributed by atoms with Gasteiger partial charge in [0.25, 0.3) is 0 Å². The summed E-state index contributed by atoms with van der Waals surface area (Å²) >= 11 is 0. The maximum absolute atomic E-state index is 12.1. The Morgan fingerprint density at radius 3 is 2.82 bits per heavy atom. The first-order valence-corrected chi connectivity index (χ1v) is 7.55. The number of hydrogen-bond acceptors (Lipinski definition) is 5. The van der Waals surface area contributed by atoms with Gasteiger partial charge in [-0.15, -0.1) is 0 Å². The number of aliphatic hydroxyl groups is 1. The minimum atomic E-state index is -3.03. The number of carbonyl (C=O) groups excluding carboxylic acids is 1. The lowest BCUT2D eigenvalue weighted by atomic mass is 10.1. The van der Waals surface area contributed by atoms with Crippen molar-refractivity contribution in [3.8, 4) is 0 Å². The highest BCUT2D eigenvalue weighted by atomic mass is 32.2. The van der Waals surface area contributed by atoms with E-state index in [0.29, 0.717) is 26.1 Å². The van der Waals surface area contributed by atoms with E-state index < -0.39 is 15.8 Å². The Kier molecular flexibility index (Phi) is 3.70. The highest BCUT2D eigenvalue weighted by Gasteiger charge is 2.36. The molecular formula is C10H17NO5S. The summed E-state index contributed by atoms with van der Waals surface area (Å²) in [6.45, 7) is 1.11. The van der Waals surface area contributed by atoms with E-state index in [1.54, 1.807) is 4.90 Å². The van der Waals surface area contributed by atoms with Crippen molar-refractivity contribution in [2.45, 2.75) is 12.5 Å². The maximum Gasteiger partial charge on any atom is 0.226 e. The predicted molar refractivity (Wildman–Crippen MR) is 60.2 cm³/mol. The zero-order valence-corrected chi connectivity index (χ0v) is 10.4. The SMILES string of the molecule is O=C(C1CCS(=O)(=O)C1)N1CCOC(CO)C1. The molecule has 2 aliphatic heterocycles. The normalized spacial score (nSPS) is 32.6. The van der Waals surface area contributed by atoms with Crippen LogP contribution in [0.1, 0.15) is 6.42 Å². The van der Waals surface area contributed by atoms with Gasteiger partial charge in [0.1, 0.15) is 0 Å². The Bertz CT molecular complexity index is 394. The number of ether oxygens (including phenoxy) is 1. The number of amides is 1. The first kappa shape index (κ1) is 12.8. The molecule has 0 saturated carbocycles. The quantitative estimate of drug-likeness (QED) is 0.665. The van der Waals surface area contributed by atoms with Crippen LogP contribution in [0.4, 0.5) is 0 Å². The number of sulfone groups is 1. The van der Waals surface area contributed by atoms with Gasteiger partial charge < -0.3 is 14.7 Å². The van der Waals surface area contributed by atoms with Gasteiger partial charge in [-0.2, -0.15) is 0 Å². The molecule has 2 atom stereocenters. The van der Waals surface area contributed by atoms with Crippen LogP contribution in [0.25, 0.3) is 0 Å². The third kappa shape index (κ3) is 2.97. The molecule has 0 radical (unpaired) electrons. The Balaban J connectivity index is 1.96. The molecule has 1 amide bonds. The van der Waals surface area contributed by atoms with Gasteiger partial charge in [0, 0.05) is 13.1 Å². The van der Waals surface area contributed by atoms with Gasteiger partial charge in [-0.1, -0.05) is 0 Å². The molecule has 7 heteroatoms. The summed E-state index contributed by atoms with van der Waals surface area (Å²) in [4.78, 5) is 13.7. The van der Waals surface area contributed by atoms with Crippen LogP contribution >= 0.6 is 0 Å². The smallest absolute Gasteiger partial charge is 0.226 e. The van der Waals surface area contributed by atoms with E-state index in [1.807, 2.05) is 0 Å². The molecule has 0 aromatic heterocycles. The molecule has 2 aliphatic rings. The second kappa shape index (κ2) is 4.91. The van der Waals surface area contributed by atoms with Crippen molar-refractivity contribution >= 4 is 15.7 Å². The number of aliphatic hydroxyl groups excluding tert-OH is 1. The molecule has 2 unspecified atom stereocenters. The molecule has 2 rings (SSSR count). The van der Waals surface area contributed by atoms with Crippen molar-refractivity contribution in [3.05, 3.63) is 0 Å². The summed E-state index contributed by atoms with van der Waals surface area (Å²) in [6, 6.07) is 0. The van der Waals surface area contributed by atoms with Crippen LogP contribution in [-0.4, -0.2) is 68.2 Å². The fourth-order valence-corrected chi connectivity index (χ4v) is 4.01. The van der Waals surface area contributed by atoms with E-state index in [4.69, 9.17) is 9.84 Å². The second-order valence-corrected chi connectivity index (χ2v) is 6.79. The molecule has 0 aromatic rings. The minimum Gasteiger partial charge on any atom is -0.394 e. The Hall–Kier alpha value is -0.660. The van der Waals surface area contributed by atoms with Crippen LogP contribution in [0.15, 0.2) is 0 Å². The standard InChI is InChI=1S/C10H17NO5S/c12-6-9-5-11(2-3-16-9)10(13)8-1-4-17(14,15)7-8/h8-9,12H,1-7H2. The van der Waals surface area contributed by atoms with Crippen molar-refractivity contribution in [1.82, 2.24) is 4.90 Å². The van der Waals surface area contributed by atoms with Crippen molar-refractivity contribution in [2.75, 3.05) is 37.8 Å². The fourth-order valence-electron chi connectivity index (χ4n) is 2.28. The fraction of sp³-hybridized carbons (Fsp3) is 0.900. The Morgan fingerprint density at radius 1 is 1.47 bits per heavy atom. The number of carbonyl (C=O) groups is 1. The third-order valence-electron chi connectivity index (χ3n) is 3.24. The number of morpholine rings is 1. The molecule has 0 aromatic carbocycles. The van der Waals surface area contributed by atoms with Crippen LogP contribution in [0.5, 0.6) is 0 Å². The van der Waals surface area contributed by atoms with E-state index in [1.165, 1.54) is 0 Å². The highest BCUT2D eigenvalue weighted by molar-refractivity contribution is 7.91. The lowest BCUT2D eigenvalue weighted by molar-refractivity contribution is -0.143. The highest BCUT2D eigenvalue weighted by Crippen LogP contribution is 2.21. The molecule has 2 saturated heterocycles. The largest absolute Gasteiger partial charge is 0.394 e. The van der Waals surface area contributed by atoms with Gasteiger partial charge in [-0.3, -0.25) is 4.79 Å². The van der Waals surface area contributed by atoms with Crippen LogP contribution in [0.2, 0.25) is 0 Å². The van der Waals surface area contributed by atoms with Crippen LogP contribution in [0.3, 0.4) is 0 Å². The molecule has 6 nitrogen and oxygen atoms in total. The first-order chi connectivity index (χ1) is 8.02. The van der Waals surface area contributed by atoms with Gasteiger partial charge in [0.05, 0.1) is 36.7 Å². The van der Waals surface area contributed by atoms with Gasteiger partial charge in [0.15, 0.2) is 9.84 Å². The van der Waals surface area contributed by atoms with Crippen molar-refractivity contribution in [1.29, 1.82) is 0 Å². The molecule has 0 aliphatic carbocycles. The summed E-state index contributed by atoms with van der Waals surface area (Å²) in [5.41, 5.74) is 0. The van der Waals surface area contributed by atoms with Gasteiger partial charge in [-0.05, 0) is 6.42 Å². The van der Waals surface area contributed by atoms with Crippen LogP contribution in [-0.2, 0) is 19.4 Å². The molecule has 0 spiro atoms. The van der Waals surface area contributed by atoms with Gasteiger partial charge >= 0.3 is 0 Å². The second-order valence-electron chi connectivity index (χ2n) is 4.56. The van der Waals surface area contributed by atoms with Crippen molar-refractivity contribution < 1.29 is 23.1 Å². The summed E-state index contributed by atoms with van der Waals surface area (Å²) in [5.74, 6) is -0.449. The summed E-state index contributed by atoms with van der Waals surface area (Å²) in [6.07, 6.45) is 0.0770. The predicted octanol–water partition coefficient (Wildman–Crippen LogP) is -1.36. The topological polar surface area (TPSA) is 83.9 Å². The zero-order chi connectivity index (χ0) is 12.5. The molecule has 2 heterocycles. The van der Waals surface area contributed by atoms with Gasteiger partial charge in [-0.25, -0.2) is 8.42 Å². The summed E-state index contributed by atoms with van der Waals surface area (Å²) in [7, 11) is -3.03. The molecular weight excluding hydrogens is 246 g/mol. The lowest BCUT2D eigenvalue weighted by Gasteiger charge is -2.33. The number of nitrogens with zero attached hydrogens (tertiary/aromatic N) is 1. The molecule has 17 heavy (non-hydrogen) atoms. The van der Waals surface area contributed by atoms with E-state index in [-0.39, 0.29) is 30.1 Å². The first-order valence-electron chi connectivity index (χ1n) is 5.73. The van der Waals surface area contributed by atoms with E-state index in [2.05, 4.69) is 0 Å². The van der Waals surface area contributed by atoms with Crippen LogP contribution in [0, 0.1) is 5.92 Å². The van der Waals surface area contributed by atoms with E-state index in [9.17, 15) is 13.2 Å². The molecule has 2 fully saturated rings. The van der Waals surface area contributed by atoms with Crippen molar-refractivity contribution in [2.24, 2.45) is 5.92 Å². The molecule has 1 N–H and O–H groups in total. The van der Waals surface area contributed by atoms with E-state index in [0.717, 1.165) is 0 Å². The van der Waals surface area contributed by atoms with E-state index >= 15 is 0 Å². The number of rotatable bonds is 2.